The lowest BCUT2D eigenvalue weighted by atomic mass is 9.94. The molecular weight excluding hydrogens is 350 g/mol. The monoisotopic (exact) mass is 369 g/mol. The number of aliphatic hydroxyl groups is 1. The summed E-state index contributed by atoms with van der Waals surface area (Å²) in [6.07, 6.45) is 7.33. The van der Waals surface area contributed by atoms with Crippen LogP contribution in [0.1, 0.15) is 46.4 Å². The van der Waals surface area contributed by atoms with Gasteiger partial charge in [0, 0.05) is 42.6 Å². The lowest BCUT2D eigenvalue weighted by molar-refractivity contribution is 0.0971. The molecule has 2 aliphatic rings. The molecule has 4 rings (SSSR count). The Morgan fingerprint density at radius 2 is 2.08 bits per heavy atom. The average Bonchev–Trinajstić information content (AvgIpc) is 3.43. The number of aryl methyl sites for hydroxylation is 1. The molecule has 0 aromatic carbocycles. The molecule has 6 heteroatoms. The number of carbonyl (C=O) groups excluding carboxylic acids is 1. The zero-order chi connectivity index (χ0) is 18.4. The van der Waals surface area contributed by atoms with Gasteiger partial charge in [-0.3, -0.25) is 9.78 Å². The number of halogens is 1. The Morgan fingerprint density at radius 3 is 2.77 bits per heavy atom. The molecule has 1 N–H and O–H groups in total. The van der Waals surface area contributed by atoms with Crippen molar-refractivity contribution in [3.63, 3.8) is 0 Å². The number of Topliss-reactive ketones (excluding diaryl/α,β-unsaturated/α-hetero) is 1. The average molecular weight is 370 g/mol. The molecular formula is C20H20ClN3O2. The van der Waals surface area contributed by atoms with Gasteiger partial charge in [-0.05, 0) is 49.5 Å². The number of carbonyl (C=O) groups is 1. The normalized spacial score (nSPS) is 19.2. The number of hydrogen-bond acceptors (Lipinski definition) is 5. The van der Waals surface area contributed by atoms with Crippen LogP contribution in [0.2, 0.25) is 5.15 Å². The van der Waals surface area contributed by atoms with Crippen LogP contribution in [0, 0.1) is 12.8 Å². The Labute approximate surface area is 157 Å². The molecule has 1 unspecified atom stereocenters. The van der Waals surface area contributed by atoms with Crippen LogP contribution in [0.25, 0.3) is 11.6 Å². The third-order valence-corrected chi connectivity index (χ3v) is 5.30. The first kappa shape index (κ1) is 17.2. The van der Waals surface area contributed by atoms with Crippen molar-refractivity contribution in [2.75, 3.05) is 11.9 Å². The number of rotatable bonds is 4. The van der Waals surface area contributed by atoms with Crippen molar-refractivity contribution in [1.29, 1.82) is 0 Å². The number of hydrogen-bond donors (Lipinski definition) is 1. The molecule has 3 heterocycles. The highest BCUT2D eigenvalue weighted by Gasteiger charge is 2.28. The molecule has 0 saturated heterocycles. The van der Waals surface area contributed by atoms with Gasteiger partial charge in [-0.15, -0.1) is 0 Å². The molecule has 0 amide bonds. The van der Waals surface area contributed by atoms with E-state index in [-0.39, 0.29) is 5.78 Å². The summed E-state index contributed by atoms with van der Waals surface area (Å²) >= 11 is 5.97. The molecule has 26 heavy (non-hydrogen) atoms. The maximum atomic E-state index is 12.3. The van der Waals surface area contributed by atoms with Crippen LogP contribution in [0.5, 0.6) is 0 Å². The van der Waals surface area contributed by atoms with Crippen molar-refractivity contribution in [2.45, 2.75) is 32.4 Å². The summed E-state index contributed by atoms with van der Waals surface area (Å²) in [6, 6.07) is 3.56. The first-order valence-corrected chi connectivity index (χ1v) is 9.10. The molecule has 2 aromatic heterocycles. The second-order valence-corrected chi connectivity index (χ2v) is 7.49. The van der Waals surface area contributed by atoms with E-state index < -0.39 is 6.23 Å². The van der Waals surface area contributed by atoms with Crippen molar-refractivity contribution in [3.05, 3.63) is 52.1 Å². The number of aliphatic hydroxyl groups excluding tert-OH is 1. The third kappa shape index (κ3) is 3.13. The summed E-state index contributed by atoms with van der Waals surface area (Å²) < 4.78 is 0. The van der Waals surface area contributed by atoms with Gasteiger partial charge < -0.3 is 10.0 Å². The van der Waals surface area contributed by atoms with E-state index in [0.29, 0.717) is 23.2 Å². The first-order chi connectivity index (χ1) is 12.4. The highest BCUT2D eigenvalue weighted by atomic mass is 35.5. The van der Waals surface area contributed by atoms with Gasteiger partial charge in [0.2, 0.25) is 0 Å². The fourth-order valence-corrected chi connectivity index (χ4v) is 3.50. The number of fused-ring (bicyclic) bond motifs is 1. The topological polar surface area (TPSA) is 66.3 Å². The quantitative estimate of drug-likeness (QED) is 0.657. The Morgan fingerprint density at radius 1 is 1.31 bits per heavy atom. The lowest BCUT2D eigenvalue weighted by Crippen LogP contribution is -2.35. The second-order valence-electron chi connectivity index (χ2n) is 7.11. The highest BCUT2D eigenvalue weighted by molar-refractivity contribution is 6.29. The summed E-state index contributed by atoms with van der Waals surface area (Å²) in [7, 11) is 1.81. The fourth-order valence-electron chi connectivity index (χ4n) is 3.35. The van der Waals surface area contributed by atoms with Crippen LogP contribution in [0.3, 0.4) is 0 Å². The molecule has 134 valence electrons. The summed E-state index contributed by atoms with van der Waals surface area (Å²) in [5.41, 5.74) is 4.69. The van der Waals surface area contributed by atoms with E-state index in [1.165, 1.54) is 0 Å². The molecule has 2 aromatic rings. The van der Waals surface area contributed by atoms with Gasteiger partial charge in [0.05, 0.1) is 5.69 Å². The molecule has 0 spiro atoms. The van der Waals surface area contributed by atoms with E-state index in [4.69, 9.17) is 11.6 Å². The van der Waals surface area contributed by atoms with Crippen LogP contribution in [0.15, 0.2) is 24.5 Å². The van der Waals surface area contributed by atoms with Gasteiger partial charge in [-0.1, -0.05) is 11.6 Å². The van der Waals surface area contributed by atoms with Crippen LogP contribution in [-0.4, -0.2) is 34.1 Å². The molecule has 1 atom stereocenters. The number of pyridine rings is 2. The SMILES string of the molecule is Cc1cc(C(=O)CC2CC2)ncc1C1=Cc2cnc(Cl)cc2N(C)C1O. The largest absolute Gasteiger partial charge is 0.369 e. The van der Waals surface area contributed by atoms with Crippen molar-refractivity contribution in [1.82, 2.24) is 9.97 Å². The molecule has 0 bridgehead atoms. The molecule has 5 nitrogen and oxygen atoms in total. The molecule has 1 saturated carbocycles. The number of aromatic nitrogens is 2. The summed E-state index contributed by atoms with van der Waals surface area (Å²) in [5, 5.41) is 11.1. The highest BCUT2D eigenvalue weighted by Crippen LogP contribution is 2.37. The number of nitrogens with zero attached hydrogens (tertiary/aromatic N) is 3. The Hall–Kier alpha value is -2.24. The van der Waals surface area contributed by atoms with Crippen molar-refractivity contribution < 1.29 is 9.90 Å². The second kappa shape index (κ2) is 6.49. The van der Waals surface area contributed by atoms with Gasteiger partial charge >= 0.3 is 0 Å². The first-order valence-electron chi connectivity index (χ1n) is 8.72. The molecule has 0 radical (unpaired) electrons. The van der Waals surface area contributed by atoms with Gasteiger partial charge in [-0.25, -0.2) is 4.98 Å². The third-order valence-electron chi connectivity index (χ3n) is 5.09. The van der Waals surface area contributed by atoms with E-state index in [2.05, 4.69) is 9.97 Å². The van der Waals surface area contributed by atoms with E-state index >= 15 is 0 Å². The minimum atomic E-state index is -0.825. The van der Waals surface area contributed by atoms with Crippen LogP contribution >= 0.6 is 11.6 Å². The van der Waals surface area contributed by atoms with E-state index in [1.54, 1.807) is 23.4 Å². The minimum Gasteiger partial charge on any atom is -0.369 e. The summed E-state index contributed by atoms with van der Waals surface area (Å²) in [5.74, 6) is 0.637. The van der Waals surface area contributed by atoms with Crippen molar-refractivity contribution in [2.24, 2.45) is 5.92 Å². The van der Waals surface area contributed by atoms with Gasteiger partial charge in [0.15, 0.2) is 12.0 Å². The zero-order valence-electron chi connectivity index (χ0n) is 14.7. The maximum absolute atomic E-state index is 12.3. The predicted octanol–water partition coefficient (Wildman–Crippen LogP) is 3.73. The van der Waals surface area contributed by atoms with Crippen LogP contribution in [-0.2, 0) is 0 Å². The van der Waals surface area contributed by atoms with E-state index in [9.17, 15) is 9.90 Å². The number of anilines is 1. The molecule has 1 fully saturated rings. The van der Waals surface area contributed by atoms with Gasteiger partial charge in [-0.2, -0.15) is 0 Å². The number of likely N-dealkylation sites (N-methyl/N-ethyl adjacent to an activating group) is 1. The lowest BCUT2D eigenvalue weighted by Gasteiger charge is -2.33. The van der Waals surface area contributed by atoms with Crippen molar-refractivity contribution in [3.8, 4) is 0 Å². The number of ketones is 1. The van der Waals surface area contributed by atoms with E-state index in [0.717, 1.165) is 40.8 Å². The minimum absolute atomic E-state index is 0.0987. The van der Waals surface area contributed by atoms with Gasteiger partial charge in [0.25, 0.3) is 0 Å². The van der Waals surface area contributed by atoms with Crippen LogP contribution < -0.4 is 4.90 Å². The fraction of sp³-hybridized carbons (Fsp3) is 0.350. The molecule has 1 aliphatic heterocycles. The standard InChI is InChI=1S/C20H20ClN3O2/c1-11-5-16(18(25)6-12-3-4-12)22-10-15(11)14-7-13-9-23-19(21)8-17(13)24(2)20(14)26/h5,7-10,12,20,26H,3-4,6H2,1-2H3. The Bertz CT molecular complexity index is 921. The zero-order valence-corrected chi connectivity index (χ0v) is 15.5. The van der Waals surface area contributed by atoms with E-state index in [1.807, 2.05) is 26.1 Å². The smallest absolute Gasteiger partial charge is 0.181 e. The summed E-state index contributed by atoms with van der Waals surface area (Å²) in [6.45, 7) is 1.94. The Balaban J connectivity index is 1.70. The molecule has 1 aliphatic carbocycles. The maximum Gasteiger partial charge on any atom is 0.181 e. The van der Waals surface area contributed by atoms with Crippen LogP contribution in [0.4, 0.5) is 5.69 Å². The summed E-state index contributed by atoms with van der Waals surface area (Å²) in [4.78, 5) is 22.5. The predicted molar refractivity (Wildman–Crippen MR) is 102 cm³/mol. The Kier molecular flexibility index (Phi) is 4.29. The van der Waals surface area contributed by atoms with Gasteiger partial charge in [0.1, 0.15) is 10.8 Å². The van der Waals surface area contributed by atoms with Crippen molar-refractivity contribution >= 4 is 34.7 Å².